The maximum Gasteiger partial charge on any atom is 0.407 e. The molecule has 5 heterocycles. The Kier molecular flexibility index (Phi) is 41.8. The number of methoxy groups -OCH3 is 1. The highest BCUT2D eigenvalue weighted by Crippen LogP contribution is 2.54. The van der Waals surface area contributed by atoms with Gasteiger partial charge in [-0.2, -0.15) is 0 Å². The highest BCUT2D eigenvalue weighted by atomic mass is 32.0. The van der Waals surface area contributed by atoms with Crippen LogP contribution in [-0.2, 0) is 75.0 Å². The number of hydrogen-bond acceptors (Lipinski definition) is 18. The third-order valence-electron chi connectivity index (χ3n) is 23.5. The van der Waals surface area contributed by atoms with Crippen molar-refractivity contribution in [3.05, 3.63) is 110 Å². The zero-order valence-corrected chi connectivity index (χ0v) is 75.8. The molecule has 9 unspecified atom stereocenters. The molecule has 610 valence electrons. The van der Waals surface area contributed by atoms with E-state index >= 15 is 4.79 Å². The third kappa shape index (κ3) is 27.8. The van der Waals surface area contributed by atoms with Crippen molar-refractivity contribution < 1.29 is 84.9 Å². The van der Waals surface area contributed by atoms with Crippen molar-refractivity contribution in [2.24, 2.45) is 23.7 Å². The predicted molar refractivity (Wildman–Crippen MR) is 449 cm³/mol. The number of ether oxygens (including phenoxy) is 11. The van der Waals surface area contributed by atoms with Gasteiger partial charge in [-0.3, -0.25) is 9.59 Å². The van der Waals surface area contributed by atoms with Gasteiger partial charge in [0.15, 0.2) is 49.1 Å². The van der Waals surface area contributed by atoms with Gasteiger partial charge in [0.25, 0.3) is 0 Å². The normalized spacial score (nSPS) is 35.8. The molecule has 0 aliphatic carbocycles. The van der Waals surface area contributed by atoms with E-state index in [1.54, 1.807) is 13.2 Å². The average Bonchev–Trinajstić information content (AvgIpc) is 0.765. The summed E-state index contributed by atoms with van der Waals surface area (Å²) in [7, 11) is -1.84. The zero-order chi connectivity index (χ0) is 79.4. The summed E-state index contributed by atoms with van der Waals surface area (Å²) in [4.78, 5) is 43.1. The van der Waals surface area contributed by atoms with Crippen LogP contribution in [0.15, 0.2) is 110 Å². The standard InChI is InChI=1S/C81H141NO18P4Si3/c1-23-47-88-76(85)72-69-50-63(92-77-74(84)73(82-78(86)89-48-24-2)75(62(19)91-77)100-107(29-7,30-8)57(13)14)44-42-40-38-36-34-32-31-33-35-37-39-41-43-58(15)59(16)60(17)61(18)90-71(83)52-65-49-64(93-79(94-65)103(21)101)45-46-67(98-105(25-3,26-4)55(9)10)68-51-66(95-80(96-68)104(22)102)53-81(87-20,97-69)54-70(72)99-106(27-5,28-6)56(11)12/h23-24,31-44,55-70,72-75,77,79-80,84H,1-2,25-30,45-54,101-102H2,3-22H3,(H,82,86)/b32-31+,35-33+,36-34+,39-37+,40-38+,43-41+,44-42+/t58-,59+,60+,61-,62+,63-,64?,65+,66?,67+,68+,69?,70-,72-,73+,74-,75+,77-,79?,80?,81+,103?,104?/m0/s1. The first-order chi connectivity index (χ1) is 50.8. The Labute approximate surface area is 655 Å². The number of rotatable bonds is 26. The van der Waals surface area contributed by atoms with E-state index in [2.05, 4.69) is 166 Å². The van der Waals surface area contributed by atoms with Crippen molar-refractivity contribution >= 4 is 76.1 Å². The number of aliphatic hydroxyl groups excluding tert-OH is 1. The molecule has 0 aromatic carbocycles. The van der Waals surface area contributed by atoms with Crippen LogP contribution in [0.3, 0.4) is 0 Å². The molecule has 6 bridgehead atoms. The minimum absolute atomic E-state index is 0.00409. The van der Waals surface area contributed by atoms with Crippen LogP contribution in [0.5, 0.6) is 0 Å². The number of carbonyl (C=O) groups excluding carboxylic acids is 3. The van der Waals surface area contributed by atoms with Crippen molar-refractivity contribution in [2.45, 2.75) is 325 Å². The summed E-state index contributed by atoms with van der Waals surface area (Å²) in [6.07, 6.45) is 22.9. The average molecular weight is 1630 g/mol. The number of amides is 1. The molecule has 0 spiro atoms. The first-order valence-corrected chi connectivity index (χ1v) is 54.0. The Morgan fingerprint density at radius 2 is 1.11 bits per heavy atom. The Hall–Kier alpha value is -2.24. The molecule has 4 saturated heterocycles. The molecule has 1 amide bonds. The molecule has 5 aliphatic rings. The molecule has 0 aromatic heterocycles. The smallest absolute Gasteiger partial charge is 0.407 e. The summed E-state index contributed by atoms with van der Waals surface area (Å²) >= 11 is 0. The number of allylic oxidation sites excluding steroid dienone is 13. The van der Waals surface area contributed by atoms with Crippen LogP contribution < -0.4 is 5.32 Å². The summed E-state index contributed by atoms with van der Waals surface area (Å²) in [5.41, 5.74) is 0.660. The molecular weight excluding hydrogens is 1480 g/mol. The van der Waals surface area contributed by atoms with E-state index in [0.717, 1.165) is 36.3 Å². The molecular formula is C81H141NO18P4Si3. The van der Waals surface area contributed by atoms with Gasteiger partial charge in [0.05, 0.1) is 73.5 Å². The lowest BCUT2D eigenvalue weighted by molar-refractivity contribution is -0.325. The van der Waals surface area contributed by atoms with E-state index in [-0.39, 0.29) is 92.0 Å². The summed E-state index contributed by atoms with van der Waals surface area (Å²) in [5, 5.41) is 15.8. The fourth-order valence-electron chi connectivity index (χ4n) is 15.9. The van der Waals surface area contributed by atoms with Crippen molar-refractivity contribution in [3.8, 4) is 0 Å². The summed E-state index contributed by atoms with van der Waals surface area (Å²) in [6.45, 7) is 48.7. The monoisotopic (exact) mass is 1620 g/mol. The van der Waals surface area contributed by atoms with Crippen LogP contribution in [-0.4, -0.2) is 185 Å². The maximum absolute atomic E-state index is 15.4. The second-order valence-electron chi connectivity index (χ2n) is 31.1. The first kappa shape index (κ1) is 95.3. The SMILES string of the molecule is C=CCOC(=O)N[C@@H]1[C@H](O)[C@H](O[C@H]2/C=C/C=C/C=C/C=C/C=C/C=C/C=C/[C@H](C)[C@@H](C)[C@@H](C)[C@H](C)OC(=O)C[C@H]3CC(CC[C@@H](O[Si](CC)(CC)C(C)C)[C@H]4CC(C[C@]5(OC)C[C@H](O[Si](CC)(CC)C(C)C)[C@@H](C(=O)OCC=C)C(C2)O5)OC(P(C)P)O4)OC(P(C)P)O3)O[C@H](C)[C@H]1O[Si](CC)(CC)C(C)C. The van der Waals surface area contributed by atoms with E-state index < -0.39 is 143 Å². The van der Waals surface area contributed by atoms with Crippen LogP contribution >= 0.6 is 33.1 Å². The van der Waals surface area contributed by atoms with Crippen molar-refractivity contribution in [1.82, 2.24) is 5.32 Å². The molecule has 4 fully saturated rings. The Bertz CT molecular complexity index is 2910. The van der Waals surface area contributed by atoms with Gasteiger partial charge in [-0.1, -0.05) is 214 Å². The van der Waals surface area contributed by atoms with E-state index in [0.29, 0.717) is 31.2 Å². The summed E-state index contributed by atoms with van der Waals surface area (Å²) < 4.78 is 96.9. The van der Waals surface area contributed by atoms with Gasteiger partial charge >= 0.3 is 18.0 Å². The number of carbonyl (C=O) groups is 3. The third-order valence-corrected chi connectivity index (χ3v) is 42.5. The highest BCUT2D eigenvalue weighted by Gasteiger charge is 2.57. The predicted octanol–water partition coefficient (Wildman–Crippen LogP) is 19.0. The second-order valence-corrected chi connectivity index (χ2v) is 54.3. The largest absolute Gasteiger partial charge is 0.462 e. The Morgan fingerprint density at radius 1 is 0.617 bits per heavy atom. The molecule has 0 aromatic rings. The molecule has 0 radical (unpaired) electrons. The first-order valence-electron chi connectivity index (χ1n) is 39.8. The van der Waals surface area contributed by atoms with E-state index in [4.69, 9.17) is 65.4 Å². The molecule has 2 N–H and O–H groups in total. The van der Waals surface area contributed by atoms with Crippen molar-refractivity contribution in [1.29, 1.82) is 0 Å². The quantitative estimate of drug-likeness (QED) is 0.0271. The lowest BCUT2D eigenvalue weighted by Gasteiger charge is -2.52. The van der Waals surface area contributed by atoms with E-state index in [9.17, 15) is 14.7 Å². The fourth-order valence-corrected chi connectivity index (χ4v) is 29.0. The molecule has 25 atom stereocenters. The van der Waals surface area contributed by atoms with Crippen LogP contribution in [0.2, 0.25) is 52.9 Å². The van der Waals surface area contributed by atoms with Gasteiger partial charge in [-0.25, -0.2) is 4.79 Å². The van der Waals surface area contributed by atoms with Crippen LogP contribution in [0.1, 0.15) is 169 Å². The second kappa shape index (κ2) is 47.0. The molecule has 19 nitrogen and oxygen atoms in total. The fraction of sp³-hybridized carbons (Fsp3) is 0.741. The zero-order valence-electron chi connectivity index (χ0n) is 68.7. The molecule has 0 saturated carbocycles. The van der Waals surface area contributed by atoms with Gasteiger partial charge in [0.2, 0.25) is 0 Å². The summed E-state index contributed by atoms with van der Waals surface area (Å²) in [5.74, 6) is -2.75. The molecule has 5 aliphatic heterocycles. The minimum Gasteiger partial charge on any atom is -0.462 e. The number of fused-ring (bicyclic) bond motifs is 6. The van der Waals surface area contributed by atoms with Gasteiger partial charge in [0.1, 0.15) is 31.3 Å². The number of esters is 2. The van der Waals surface area contributed by atoms with Crippen molar-refractivity contribution in [2.75, 3.05) is 33.7 Å². The van der Waals surface area contributed by atoms with Gasteiger partial charge in [-0.05, 0) is 126 Å². The molecule has 26 heteroatoms. The minimum atomic E-state index is -2.68. The van der Waals surface area contributed by atoms with Gasteiger partial charge in [0, 0.05) is 39.2 Å². The highest BCUT2D eigenvalue weighted by molar-refractivity contribution is 8.13. The van der Waals surface area contributed by atoms with Crippen LogP contribution in [0.4, 0.5) is 4.79 Å². The maximum atomic E-state index is 15.4. The number of nitrogens with one attached hydrogen (secondary N) is 1. The number of aliphatic hydroxyl groups is 1. The van der Waals surface area contributed by atoms with E-state index in [1.165, 1.54) is 6.08 Å². The van der Waals surface area contributed by atoms with Crippen LogP contribution in [0.25, 0.3) is 0 Å². The summed E-state index contributed by atoms with van der Waals surface area (Å²) in [6, 6.07) is 2.82. The number of alkyl carbamates (subject to hydrolysis) is 1. The van der Waals surface area contributed by atoms with Crippen LogP contribution in [0, 0.1) is 23.7 Å². The van der Waals surface area contributed by atoms with Gasteiger partial charge < -0.3 is 75.8 Å². The molecule has 107 heavy (non-hydrogen) atoms. The van der Waals surface area contributed by atoms with E-state index in [1.807, 2.05) is 86.8 Å². The topological polar surface area (TPSA) is 213 Å². The Morgan fingerprint density at radius 3 is 1.64 bits per heavy atom. The van der Waals surface area contributed by atoms with Crippen molar-refractivity contribution in [3.63, 3.8) is 0 Å². The molecule has 5 rings (SSSR count). The lowest BCUT2D eigenvalue weighted by atomic mass is 9.82. The Balaban J connectivity index is 1.74. The number of cyclic esters (lactones) is 1. The van der Waals surface area contributed by atoms with Gasteiger partial charge in [-0.15, -0.1) is 17.9 Å². The lowest BCUT2D eigenvalue weighted by Crippen LogP contribution is -2.67. The number of hydrogen-bond donors (Lipinski definition) is 2.